The number of fused-ring (bicyclic) bond motifs is 1. The Bertz CT molecular complexity index is 1100. The van der Waals surface area contributed by atoms with Crippen LogP contribution in [0.4, 0.5) is 18.9 Å². The van der Waals surface area contributed by atoms with Crippen LogP contribution in [-0.2, 0) is 0 Å². The highest BCUT2D eigenvalue weighted by Gasteiger charge is 2.21. The van der Waals surface area contributed by atoms with Crippen LogP contribution in [0, 0.1) is 6.92 Å². The zero-order valence-electron chi connectivity index (χ0n) is 14.9. The highest BCUT2D eigenvalue weighted by atomic mass is 32.1. The molecule has 28 heavy (non-hydrogen) atoms. The summed E-state index contributed by atoms with van der Waals surface area (Å²) in [6.07, 6.45) is -3.28. The lowest BCUT2D eigenvalue weighted by atomic mass is 10.0. The van der Waals surface area contributed by atoms with E-state index in [0.717, 1.165) is 10.8 Å². The molecule has 4 nitrogen and oxygen atoms in total. The van der Waals surface area contributed by atoms with Gasteiger partial charge in [0.25, 0.3) is 5.91 Å². The molecule has 0 unspecified atom stereocenters. The molecule has 0 fully saturated rings. The van der Waals surface area contributed by atoms with E-state index in [1.165, 1.54) is 36.5 Å². The van der Waals surface area contributed by atoms with E-state index in [1.807, 2.05) is 0 Å². The molecule has 1 heterocycles. The highest BCUT2D eigenvalue weighted by Crippen LogP contribution is 2.26. The average Bonchev–Trinajstić information content (AvgIpc) is 3.03. The minimum atomic E-state index is -4.39. The fraction of sp³-hybridized carbons (Fsp3) is 0.150. The summed E-state index contributed by atoms with van der Waals surface area (Å²) < 4.78 is 37.7. The van der Waals surface area contributed by atoms with Crippen molar-refractivity contribution in [2.75, 3.05) is 5.32 Å². The van der Waals surface area contributed by atoms with Gasteiger partial charge in [0.05, 0.1) is 10.2 Å². The van der Waals surface area contributed by atoms with Crippen molar-refractivity contribution in [2.45, 2.75) is 20.0 Å². The molecule has 0 radical (unpaired) electrons. The smallest absolute Gasteiger partial charge is 0.322 e. The number of Topliss-reactive ketones (excluding diaryl/α,β-unsaturated/α-hetero) is 1. The summed E-state index contributed by atoms with van der Waals surface area (Å²) in [5, 5.41) is 3.15. The Balaban J connectivity index is 1.80. The molecule has 1 amide bonds. The van der Waals surface area contributed by atoms with Crippen LogP contribution in [0.1, 0.15) is 38.2 Å². The molecule has 0 aliphatic heterocycles. The lowest BCUT2D eigenvalue weighted by Gasteiger charge is -2.09. The second-order valence-electron chi connectivity index (χ2n) is 6.16. The zero-order chi connectivity index (χ0) is 20.5. The Morgan fingerprint density at radius 3 is 2.54 bits per heavy atom. The van der Waals surface area contributed by atoms with Crippen LogP contribution in [-0.4, -0.2) is 22.9 Å². The van der Waals surface area contributed by atoms with Gasteiger partial charge in [-0.3, -0.25) is 9.59 Å². The second-order valence-corrected chi connectivity index (χ2v) is 7.19. The standard InChI is InChI=1S/C20H15F3N2O2S/c1-11-9-13(7-8-20(21,22)23)3-5-15(11)18(27)24-14-4-6-17-16(10-14)25-19(28-17)12(2)26/h3-10H,1-2H3,(H,24,27). The third-order valence-electron chi connectivity index (χ3n) is 3.91. The van der Waals surface area contributed by atoms with Crippen molar-refractivity contribution in [3.63, 3.8) is 0 Å². The summed E-state index contributed by atoms with van der Waals surface area (Å²) in [6, 6.07) is 9.60. The van der Waals surface area contributed by atoms with Crippen LogP contribution in [0.15, 0.2) is 42.5 Å². The first-order valence-corrected chi connectivity index (χ1v) is 9.03. The summed E-state index contributed by atoms with van der Waals surface area (Å²) in [5.41, 5.74) is 2.38. The van der Waals surface area contributed by atoms with Crippen molar-refractivity contribution in [3.05, 3.63) is 64.2 Å². The van der Waals surface area contributed by atoms with Crippen LogP contribution < -0.4 is 5.32 Å². The number of anilines is 1. The predicted octanol–water partition coefficient (Wildman–Crippen LogP) is 5.64. The summed E-state index contributed by atoms with van der Waals surface area (Å²) in [5.74, 6) is -0.507. The minimum absolute atomic E-state index is 0.123. The van der Waals surface area contributed by atoms with E-state index >= 15 is 0 Å². The van der Waals surface area contributed by atoms with Crippen molar-refractivity contribution >= 4 is 45.0 Å². The number of hydrogen-bond donors (Lipinski definition) is 1. The van der Waals surface area contributed by atoms with Crippen molar-refractivity contribution in [1.29, 1.82) is 0 Å². The molecule has 1 N–H and O–H groups in total. The third-order valence-corrected chi connectivity index (χ3v) is 5.04. The molecule has 0 saturated heterocycles. The van der Waals surface area contributed by atoms with Gasteiger partial charge in [0.2, 0.25) is 0 Å². The zero-order valence-corrected chi connectivity index (χ0v) is 15.7. The molecule has 0 bridgehead atoms. The fourth-order valence-corrected chi connectivity index (χ4v) is 3.43. The Hall–Kier alpha value is -3.00. The van der Waals surface area contributed by atoms with Gasteiger partial charge in [0, 0.05) is 24.3 Å². The first kappa shape index (κ1) is 19.8. The summed E-state index contributed by atoms with van der Waals surface area (Å²) in [7, 11) is 0. The van der Waals surface area contributed by atoms with Gasteiger partial charge >= 0.3 is 6.18 Å². The Labute approximate surface area is 162 Å². The maximum absolute atomic E-state index is 12.5. The van der Waals surface area contributed by atoms with E-state index < -0.39 is 6.18 Å². The Morgan fingerprint density at radius 2 is 1.89 bits per heavy atom. The molecule has 3 aromatic rings. The lowest BCUT2D eigenvalue weighted by molar-refractivity contribution is -0.0790. The highest BCUT2D eigenvalue weighted by molar-refractivity contribution is 7.20. The Kier molecular flexibility index (Phi) is 5.33. The van der Waals surface area contributed by atoms with Gasteiger partial charge in [-0.15, -0.1) is 11.3 Å². The van der Waals surface area contributed by atoms with Crippen LogP contribution in [0.25, 0.3) is 16.3 Å². The quantitative estimate of drug-likeness (QED) is 0.573. The number of aromatic nitrogens is 1. The lowest BCUT2D eigenvalue weighted by Crippen LogP contribution is -2.13. The number of amides is 1. The molecule has 144 valence electrons. The molecule has 8 heteroatoms. The summed E-state index contributed by atoms with van der Waals surface area (Å²) >= 11 is 1.28. The number of carbonyl (C=O) groups is 2. The van der Waals surface area contributed by atoms with E-state index in [9.17, 15) is 22.8 Å². The van der Waals surface area contributed by atoms with Gasteiger partial charge in [-0.1, -0.05) is 18.2 Å². The first-order valence-electron chi connectivity index (χ1n) is 8.22. The molecular weight excluding hydrogens is 389 g/mol. The molecule has 0 saturated carbocycles. The molecule has 2 aromatic carbocycles. The normalized spacial score (nSPS) is 11.9. The number of nitrogens with zero attached hydrogens (tertiary/aromatic N) is 1. The van der Waals surface area contributed by atoms with E-state index in [4.69, 9.17) is 0 Å². The fourth-order valence-electron chi connectivity index (χ4n) is 2.59. The van der Waals surface area contributed by atoms with E-state index in [-0.39, 0.29) is 17.8 Å². The van der Waals surface area contributed by atoms with Gasteiger partial charge in [-0.2, -0.15) is 13.2 Å². The number of nitrogens with one attached hydrogen (secondary N) is 1. The molecule has 1 aromatic heterocycles. The number of thiazole rings is 1. The molecule has 0 aliphatic carbocycles. The number of halogens is 3. The minimum Gasteiger partial charge on any atom is -0.322 e. The van der Waals surface area contributed by atoms with Gasteiger partial charge in [-0.05, 0) is 42.3 Å². The van der Waals surface area contributed by atoms with E-state index in [2.05, 4.69) is 10.3 Å². The van der Waals surface area contributed by atoms with Crippen LogP contribution in [0.5, 0.6) is 0 Å². The monoisotopic (exact) mass is 404 g/mol. The summed E-state index contributed by atoms with van der Waals surface area (Å²) in [6.45, 7) is 3.10. The molecule has 3 rings (SSSR count). The van der Waals surface area contributed by atoms with E-state index in [1.54, 1.807) is 25.1 Å². The molecule has 0 spiro atoms. The topological polar surface area (TPSA) is 59.1 Å². The first-order chi connectivity index (χ1) is 13.1. The maximum Gasteiger partial charge on any atom is 0.409 e. The van der Waals surface area contributed by atoms with Gasteiger partial charge in [0.1, 0.15) is 0 Å². The Morgan fingerprint density at radius 1 is 1.14 bits per heavy atom. The van der Waals surface area contributed by atoms with Crippen molar-refractivity contribution < 1.29 is 22.8 Å². The molecular formula is C20H15F3N2O2S. The number of alkyl halides is 3. The molecule has 0 aliphatic rings. The average molecular weight is 404 g/mol. The van der Waals surface area contributed by atoms with Crippen LogP contribution >= 0.6 is 11.3 Å². The SMILES string of the molecule is CC(=O)c1nc2cc(NC(=O)c3ccc(C=CC(F)(F)F)cc3C)ccc2s1. The number of allylic oxidation sites excluding steroid dienone is 1. The number of rotatable bonds is 4. The van der Waals surface area contributed by atoms with Crippen LogP contribution in [0.2, 0.25) is 0 Å². The maximum atomic E-state index is 12.5. The van der Waals surface area contributed by atoms with Gasteiger partial charge < -0.3 is 5.32 Å². The number of benzene rings is 2. The largest absolute Gasteiger partial charge is 0.409 e. The second kappa shape index (κ2) is 7.55. The van der Waals surface area contributed by atoms with Gasteiger partial charge in [-0.25, -0.2) is 4.98 Å². The van der Waals surface area contributed by atoms with Crippen LogP contribution in [0.3, 0.4) is 0 Å². The summed E-state index contributed by atoms with van der Waals surface area (Å²) in [4.78, 5) is 28.2. The number of hydrogen-bond acceptors (Lipinski definition) is 4. The van der Waals surface area contributed by atoms with Crippen molar-refractivity contribution in [2.24, 2.45) is 0 Å². The van der Waals surface area contributed by atoms with E-state index in [0.29, 0.717) is 32.9 Å². The number of ketones is 1. The van der Waals surface area contributed by atoms with Gasteiger partial charge in [0.15, 0.2) is 10.8 Å². The molecule has 0 atom stereocenters. The third kappa shape index (κ3) is 4.64. The van der Waals surface area contributed by atoms with Crippen molar-refractivity contribution in [3.8, 4) is 0 Å². The number of aryl methyl sites for hydroxylation is 1. The predicted molar refractivity (Wildman–Crippen MR) is 104 cm³/mol. The number of carbonyl (C=O) groups excluding carboxylic acids is 2. The van der Waals surface area contributed by atoms with Crippen molar-refractivity contribution in [1.82, 2.24) is 4.98 Å².